The van der Waals surface area contributed by atoms with E-state index in [1.54, 1.807) is 25.4 Å². The number of hydrogen-bond acceptors (Lipinski definition) is 8. The first-order valence-electron chi connectivity index (χ1n) is 9.38. The van der Waals surface area contributed by atoms with Gasteiger partial charge in [0.25, 0.3) is 5.22 Å². The molecule has 0 spiro atoms. The molecule has 3 heterocycles. The Kier molecular flexibility index (Phi) is 6.20. The van der Waals surface area contributed by atoms with Crippen LogP contribution in [0.5, 0.6) is 0 Å². The van der Waals surface area contributed by atoms with Crippen LogP contribution < -0.4 is 5.32 Å². The highest BCUT2D eigenvalue weighted by atomic mass is 32.2. The molecule has 4 rings (SSSR count). The van der Waals surface area contributed by atoms with Gasteiger partial charge in [0, 0.05) is 23.3 Å². The van der Waals surface area contributed by atoms with Gasteiger partial charge >= 0.3 is 0 Å². The van der Waals surface area contributed by atoms with Gasteiger partial charge in [-0.3, -0.25) is 9.78 Å². The predicted octanol–water partition coefficient (Wildman–Crippen LogP) is 4.94. The Bertz CT molecular complexity index is 1130. The number of rotatable bonds is 7. The van der Waals surface area contributed by atoms with Crippen LogP contribution in [-0.2, 0) is 11.2 Å². The molecule has 0 aliphatic carbocycles. The normalized spacial score (nSPS) is 11.9. The summed E-state index contributed by atoms with van der Waals surface area (Å²) in [5, 5.41) is 13.3. The third-order valence-corrected chi connectivity index (χ3v) is 6.05. The first kappa shape index (κ1) is 20.2. The van der Waals surface area contributed by atoms with Crippen LogP contribution in [-0.4, -0.2) is 31.3 Å². The van der Waals surface area contributed by atoms with Crippen molar-refractivity contribution in [1.82, 2.24) is 20.2 Å². The zero-order chi connectivity index (χ0) is 20.9. The van der Waals surface area contributed by atoms with Crippen LogP contribution in [0.25, 0.3) is 22.7 Å². The Balaban J connectivity index is 1.37. The topological polar surface area (TPSA) is 93.8 Å². The monoisotopic (exact) mass is 437 g/mol. The fourth-order valence-electron chi connectivity index (χ4n) is 2.65. The molecule has 30 heavy (non-hydrogen) atoms. The SMILES string of the molecule is CCc1ccc(-c2csc(NC(=O)[C@H](C)Sc3nnc(-c4cccnc4)o3)n2)cc1. The highest BCUT2D eigenvalue weighted by Crippen LogP contribution is 2.28. The van der Waals surface area contributed by atoms with Crippen molar-refractivity contribution in [2.75, 3.05) is 5.32 Å². The molecule has 7 nitrogen and oxygen atoms in total. The van der Waals surface area contributed by atoms with Gasteiger partial charge in [0.1, 0.15) is 0 Å². The maximum Gasteiger partial charge on any atom is 0.277 e. The summed E-state index contributed by atoms with van der Waals surface area (Å²) in [7, 11) is 0. The lowest BCUT2D eigenvalue weighted by molar-refractivity contribution is -0.115. The second-order valence-electron chi connectivity index (χ2n) is 6.45. The smallest absolute Gasteiger partial charge is 0.277 e. The summed E-state index contributed by atoms with van der Waals surface area (Å²) in [6, 6.07) is 11.9. The van der Waals surface area contributed by atoms with Gasteiger partial charge in [0.15, 0.2) is 5.13 Å². The molecule has 0 fully saturated rings. The van der Waals surface area contributed by atoms with Crippen LogP contribution in [0.3, 0.4) is 0 Å². The van der Waals surface area contributed by atoms with Gasteiger partial charge in [-0.05, 0) is 31.0 Å². The third kappa shape index (κ3) is 4.74. The summed E-state index contributed by atoms with van der Waals surface area (Å²) >= 11 is 2.59. The number of pyridine rings is 1. The first-order valence-corrected chi connectivity index (χ1v) is 11.1. The Morgan fingerprint density at radius 3 is 2.77 bits per heavy atom. The summed E-state index contributed by atoms with van der Waals surface area (Å²) in [4.78, 5) is 21.1. The minimum Gasteiger partial charge on any atom is -0.411 e. The maximum atomic E-state index is 12.6. The highest BCUT2D eigenvalue weighted by Gasteiger charge is 2.20. The van der Waals surface area contributed by atoms with E-state index in [1.165, 1.54) is 28.7 Å². The zero-order valence-corrected chi connectivity index (χ0v) is 18.0. The molecule has 1 N–H and O–H groups in total. The number of nitrogens with one attached hydrogen (secondary N) is 1. The molecule has 3 aromatic heterocycles. The van der Waals surface area contributed by atoms with Crippen LogP contribution in [0.15, 0.2) is 63.8 Å². The molecule has 0 saturated carbocycles. The van der Waals surface area contributed by atoms with E-state index < -0.39 is 5.25 Å². The van der Waals surface area contributed by atoms with Crippen molar-refractivity contribution in [1.29, 1.82) is 0 Å². The Morgan fingerprint density at radius 1 is 1.20 bits per heavy atom. The molecule has 1 atom stereocenters. The molecule has 0 aliphatic rings. The molecule has 0 radical (unpaired) electrons. The second kappa shape index (κ2) is 9.19. The van der Waals surface area contributed by atoms with Crippen LogP contribution in [0.2, 0.25) is 0 Å². The van der Waals surface area contributed by atoms with Crippen molar-refractivity contribution in [3.8, 4) is 22.7 Å². The number of amides is 1. The molecule has 1 amide bonds. The van der Waals surface area contributed by atoms with Crippen LogP contribution in [0.1, 0.15) is 19.4 Å². The number of benzene rings is 1. The van der Waals surface area contributed by atoms with Crippen LogP contribution >= 0.6 is 23.1 Å². The quantitative estimate of drug-likeness (QED) is 0.409. The van der Waals surface area contributed by atoms with Crippen molar-refractivity contribution < 1.29 is 9.21 Å². The van der Waals surface area contributed by atoms with E-state index in [4.69, 9.17) is 4.42 Å². The molecular weight excluding hydrogens is 418 g/mol. The minimum atomic E-state index is -0.427. The molecule has 9 heteroatoms. The van der Waals surface area contributed by atoms with Crippen LogP contribution in [0, 0.1) is 0 Å². The zero-order valence-electron chi connectivity index (χ0n) is 16.4. The van der Waals surface area contributed by atoms with E-state index in [9.17, 15) is 4.79 Å². The lowest BCUT2D eigenvalue weighted by Gasteiger charge is -2.07. The van der Waals surface area contributed by atoms with Crippen molar-refractivity contribution in [2.24, 2.45) is 0 Å². The number of aromatic nitrogens is 4. The molecule has 0 unspecified atom stereocenters. The predicted molar refractivity (Wildman–Crippen MR) is 118 cm³/mol. The average Bonchev–Trinajstić information content (AvgIpc) is 3.44. The summed E-state index contributed by atoms with van der Waals surface area (Å²) in [5.74, 6) is 0.195. The number of thioether (sulfide) groups is 1. The van der Waals surface area contributed by atoms with E-state index in [0.717, 1.165) is 23.2 Å². The van der Waals surface area contributed by atoms with Gasteiger partial charge in [-0.2, -0.15) is 0 Å². The van der Waals surface area contributed by atoms with E-state index in [1.807, 2.05) is 23.6 Å². The Hall–Kier alpha value is -3.04. The summed E-state index contributed by atoms with van der Waals surface area (Å²) in [6.45, 7) is 3.91. The van der Waals surface area contributed by atoms with Crippen molar-refractivity contribution >= 4 is 34.1 Å². The van der Waals surface area contributed by atoms with Gasteiger partial charge in [-0.15, -0.1) is 21.5 Å². The number of hydrogen-bond donors (Lipinski definition) is 1. The second-order valence-corrected chi connectivity index (χ2v) is 8.60. The van der Waals surface area contributed by atoms with Gasteiger partial charge in [0.2, 0.25) is 11.8 Å². The number of nitrogens with zero attached hydrogens (tertiary/aromatic N) is 4. The highest BCUT2D eigenvalue weighted by molar-refractivity contribution is 8.00. The number of carbonyl (C=O) groups is 1. The first-order chi connectivity index (χ1) is 14.6. The van der Waals surface area contributed by atoms with E-state index >= 15 is 0 Å². The Morgan fingerprint density at radius 2 is 2.03 bits per heavy atom. The lowest BCUT2D eigenvalue weighted by Crippen LogP contribution is -2.22. The Labute approximate surface area is 182 Å². The number of aryl methyl sites for hydroxylation is 1. The summed E-state index contributed by atoms with van der Waals surface area (Å²) < 4.78 is 5.63. The molecule has 152 valence electrons. The average molecular weight is 438 g/mol. The number of anilines is 1. The van der Waals surface area contributed by atoms with Crippen molar-refractivity contribution in [3.05, 3.63) is 59.7 Å². The van der Waals surface area contributed by atoms with E-state index in [-0.39, 0.29) is 5.91 Å². The van der Waals surface area contributed by atoms with Gasteiger partial charge in [0.05, 0.1) is 16.5 Å². The van der Waals surface area contributed by atoms with E-state index in [0.29, 0.717) is 16.2 Å². The molecular formula is C21H19N5O2S2. The molecule has 0 aliphatic heterocycles. The lowest BCUT2D eigenvalue weighted by atomic mass is 10.1. The van der Waals surface area contributed by atoms with Gasteiger partial charge in [-0.25, -0.2) is 4.98 Å². The third-order valence-electron chi connectivity index (χ3n) is 4.35. The van der Waals surface area contributed by atoms with Gasteiger partial charge in [-0.1, -0.05) is 43.0 Å². The number of thiazole rings is 1. The molecule has 0 bridgehead atoms. The fraction of sp³-hybridized carbons (Fsp3) is 0.190. The molecule has 0 saturated heterocycles. The largest absolute Gasteiger partial charge is 0.411 e. The summed E-state index contributed by atoms with van der Waals surface area (Å²) in [6.07, 6.45) is 4.32. The maximum absolute atomic E-state index is 12.6. The standard InChI is InChI=1S/C21H19N5O2S2/c1-3-14-6-8-15(9-7-14)17-12-29-20(23-17)24-18(27)13(2)30-21-26-25-19(28-21)16-5-4-10-22-11-16/h4-13H,3H2,1-2H3,(H,23,24,27)/t13-/m0/s1. The van der Waals surface area contributed by atoms with E-state index in [2.05, 4.69) is 44.5 Å². The number of carbonyl (C=O) groups excluding carboxylic acids is 1. The molecule has 1 aromatic carbocycles. The minimum absolute atomic E-state index is 0.177. The fourth-order valence-corrected chi connectivity index (χ4v) is 4.06. The van der Waals surface area contributed by atoms with Crippen molar-refractivity contribution in [3.63, 3.8) is 0 Å². The molecule has 4 aromatic rings. The van der Waals surface area contributed by atoms with Crippen LogP contribution in [0.4, 0.5) is 5.13 Å². The van der Waals surface area contributed by atoms with Crippen molar-refractivity contribution in [2.45, 2.75) is 30.7 Å². The van der Waals surface area contributed by atoms with Gasteiger partial charge < -0.3 is 9.73 Å². The summed E-state index contributed by atoms with van der Waals surface area (Å²) in [5.41, 5.74) is 3.88.